The molecular weight excluding hydrogens is 305 g/mol. The summed E-state index contributed by atoms with van der Waals surface area (Å²) in [5.74, 6) is 0.649. The highest BCUT2D eigenvalue weighted by molar-refractivity contribution is 6.34. The molecule has 0 aliphatic rings. The van der Waals surface area contributed by atoms with Gasteiger partial charge in [-0.1, -0.05) is 55.2 Å². The summed E-state index contributed by atoms with van der Waals surface area (Å²) in [6, 6.07) is 12.2. The predicted molar refractivity (Wildman–Crippen MR) is 90.4 cm³/mol. The highest BCUT2D eigenvalue weighted by atomic mass is 35.5. The Morgan fingerprint density at radius 2 is 1.81 bits per heavy atom. The maximum Gasteiger partial charge on any atom is 0.138 e. The highest BCUT2D eigenvalue weighted by Gasteiger charge is 2.08. The van der Waals surface area contributed by atoms with Gasteiger partial charge in [0.15, 0.2) is 0 Å². The quantitative estimate of drug-likeness (QED) is 0.819. The molecule has 0 saturated carbocycles. The first-order chi connectivity index (χ1) is 10.0. The van der Waals surface area contributed by atoms with E-state index in [2.05, 4.69) is 25.2 Å². The molecule has 0 unspecified atom stereocenters. The maximum absolute atomic E-state index is 6.41. The Bertz CT molecular complexity index is 626. The van der Waals surface area contributed by atoms with Gasteiger partial charge >= 0.3 is 0 Å². The second-order valence-corrected chi connectivity index (χ2v) is 6.01. The van der Waals surface area contributed by atoms with E-state index in [1.165, 1.54) is 5.56 Å². The Labute approximate surface area is 136 Å². The fourth-order valence-corrected chi connectivity index (χ4v) is 2.56. The molecule has 0 saturated heterocycles. The van der Waals surface area contributed by atoms with Gasteiger partial charge in [-0.25, -0.2) is 0 Å². The third-order valence-corrected chi connectivity index (χ3v) is 3.84. The van der Waals surface area contributed by atoms with Crippen molar-refractivity contribution in [2.75, 3.05) is 7.11 Å². The minimum atomic E-state index is 0.448. The summed E-state index contributed by atoms with van der Waals surface area (Å²) in [5.41, 5.74) is 3.13. The van der Waals surface area contributed by atoms with Gasteiger partial charge in [-0.2, -0.15) is 0 Å². The van der Waals surface area contributed by atoms with Crippen LogP contribution in [0.3, 0.4) is 0 Å². The first kappa shape index (κ1) is 16.2. The van der Waals surface area contributed by atoms with Crippen molar-refractivity contribution >= 4 is 23.2 Å². The van der Waals surface area contributed by atoms with Crippen LogP contribution in [0.4, 0.5) is 0 Å². The molecule has 0 amide bonds. The molecule has 0 atom stereocenters. The number of rotatable bonds is 5. The SMILES string of the molecule is COc1cc(-c2ccc(CNC(C)C)cc2Cl)ccc1Cl. The molecule has 21 heavy (non-hydrogen) atoms. The van der Waals surface area contributed by atoms with Crippen molar-refractivity contribution in [3.05, 3.63) is 52.0 Å². The predicted octanol–water partition coefficient (Wildman–Crippen LogP) is 5.17. The molecule has 0 aliphatic carbocycles. The van der Waals surface area contributed by atoms with Crippen LogP contribution in [0.1, 0.15) is 19.4 Å². The molecule has 2 aromatic rings. The summed E-state index contributed by atoms with van der Waals surface area (Å²) in [6.07, 6.45) is 0. The van der Waals surface area contributed by atoms with Crippen molar-refractivity contribution < 1.29 is 4.74 Å². The van der Waals surface area contributed by atoms with Gasteiger partial charge in [0.05, 0.1) is 12.1 Å². The van der Waals surface area contributed by atoms with Gasteiger partial charge in [0.2, 0.25) is 0 Å². The number of nitrogens with one attached hydrogen (secondary N) is 1. The van der Waals surface area contributed by atoms with Crippen LogP contribution in [0.25, 0.3) is 11.1 Å². The van der Waals surface area contributed by atoms with Crippen LogP contribution in [0.5, 0.6) is 5.75 Å². The van der Waals surface area contributed by atoms with E-state index < -0.39 is 0 Å². The van der Waals surface area contributed by atoms with Crippen LogP contribution in [-0.4, -0.2) is 13.2 Å². The molecule has 0 aromatic heterocycles. The van der Waals surface area contributed by atoms with E-state index in [4.69, 9.17) is 27.9 Å². The number of halogens is 2. The molecule has 0 heterocycles. The summed E-state index contributed by atoms with van der Waals surface area (Å²) in [5, 5.41) is 4.70. The van der Waals surface area contributed by atoms with E-state index in [0.717, 1.165) is 22.7 Å². The van der Waals surface area contributed by atoms with E-state index in [1.807, 2.05) is 30.3 Å². The van der Waals surface area contributed by atoms with Crippen molar-refractivity contribution in [2.45, 2.75) is 26.4 Å². The van der Waals surface area contributed by atoms with Gasteiger partial charge in [0.25, 0.3) is 0 Å². The zero-order valence-electron chi connectivity index (χ0n) is 12.4. The summed E-state index contributed by atoms with van der Waals surface area (Å²) >= 11 is 12.5. The molecule has 2 rings (SSSR count). The summed E-state index contributed by atoms with van der Waals surface area (Å²) < 4.78 is 5.25. The molecule has 1 N–H and O–H groups in total. The lowest BCUT2D eigenvalue weighted by molar-refractivity contribution is 0.415. The number of methoxy groups -OCH3 is 1. The van der Waals surface area contributed by atoms with Crippen molar-refractivity contribution in [1.29, 1.82) is 0 Å². The normalized spacial score (nSPS) is 11.0. The van der Waals surface area contributed by atoms with Gasteiger partial charge in [0, 0.05) is 23.2 Å². The number of benzene rings is 2. The van der Waals surface area contributed by atoms with Crippen molar-refractivity contribution in [1.82, 2.24) is 5.32 Å². The Hall–Kier alpha value is -1.22. The Balaban J connectivity index is 2.28. The Morgan fingerprint density at radius 3 is 2.43 bits per heavy atom. The highest BCUT2D eigenvalue weighted by Crippen LogP contribution is 2.34. The average molecular weight is 324 g/mol. The van der Waals surface area contributed by atoms with Crippen LogP contribution >= 0.6 is 23.2 Å². The zero-order chi connectivity index (χ0) is 15.4. The Kier molecular flexibility index (Phi) is 5.51. The van der Waals surface area contributed by atoms with Gasteiger partial charge in [-0.15, -0.1) is 0 Å². The van der Waals surface area contributed by atoms with E-state index in [9.17, 15) is 0 Å². The second kappa shape index (κ2) is 7.17. The third kappa shape index (κ3) is 4.13. The number of hydrogen-bond donors (Lipinski definition) is 1. The van der Waals surface area contributed by atoms with Gasteiger partial charge in [-0.3, -0.25) is 0 Å². The van der Waals surface area contributed by atoms with E-state index in [1.54, 1.807) is 7.11 Å². The molecule has 0 aliphatic heterocycles. The fraction of sp³-hybridized carbons (Fsp3) is 0.294. The maximum atomic E-state index is 6.41. The van der Waals surface area contributed by atoms with E-state index >= 15 is 0 Å². The van der Waals surface area contributed by atoms with Crippen LogP contribution in [0, 0.1) is 0 Å². The molecule has 0 bridgehead atoms. The molecule has 0 radical (unpaired) electrons. The topological polar surface area (TPSA) is 21.3 Å². The smallest absolute Gasteiger partial charge is 0.138 e. The monoisotopic (exact) mass is 323 g/mol. The Morgan fingerprint density at radius 1 is 1.05 bits per heavy atom. The van der Waals surface area contributed by atoms with Crippen LogP contribution in [-0.2, 0) is 6.54 Å². The lowest BCUT2D eigenvalue weighted by Crippen LogP contribution is -2.21. The number of hydrogen-bond acceptors (Lipinski definition) is 2. The van der Waals surface area contributed by atoms with Crippen LogP contribution < -0.4 is 10.1 Å². The average Bonchev–Trinajstić information content (AvgIpc) is 2.46. The molecule has 0 spiro atoms. The first-order valence-electron chi connectivity index (χ1n) is 6.87. The molecule has 4 heteroatoms. The van der Waals surface area contributed by atoms with Crippen molar-refractivity contribution in [3.8, 4) is 16.9 Å². The van der Waals surface area contributed by atoms with Crippen LogP contribution in [0.15, 0.2) is 36.4 Å². The molecule has 0 fully saturated rings. The molecular formula is C17H19Cl2NO. The third-order valence-electron chi connectivity index (χ3n) is 3.21. The second-order valence-electron chi connectivity index (χ2n) is 5.20. The number of ether oxygens (including phenoxy) is 1. The van der Waals surface area contributed by atoms with Crippen molar-refractivity contribution in [3.63, 3.8) is 0 Å². The fourth-order valence-electron chi connectivity index (χ4n) is 2.05. The minimum absolute atomic E-state index is 0.448. The first-order valence-corrected chi connectivity index (χ1v) is 7.62. The van der Waals surface area contributed by atoms with Gasteiger partial charge in [-0.05, 0) is 29.3 Å². The minimum Gasteiger partial charge on any atom is -0.495 e. The van der Waals surface area contributed by atoms with E-state index in [-0.39, 0.29) is 0 Å². The van der Waals surface area contributed by atoms with Gasteiger partial charge in [0.1, 0.15) is 5.75 Å². The standard InChI is InChI=1S/C17H19Cl2NO/c1-11(2)20-10-12-4-6-14(16(19)8-12)13-5-7-15(18)17(9-13)21-3/h4-9,11,20H,10H2,1-3H3. The summed E-state index contributed by atoms with van der Waals surface area (Å²) in [7, 11) is 1.60. The zero-order valence-corrected chi connectivity index (χ0v) is 13.9. The summed E-state index contributed by atoms with van der Waals surface area (Å²) in [6.45, 7) is 5.05. The van der Waals surface area contributed by atoms with Crippen LogP contribution in [0.2, 0.25) is 10.0 Å². The van der Waals surface area contributed by atoms with E-state index in [0.29, 0.717) is 16.8 Å². The van der Waals surface area contributed by atoms with Crippen molar-refractivity contribution in [2.24, 2.45) is 0 Å². The lowest BCUT2D eigenvalue weighted by Gasteiger charge is -2.11. The summed E-state index contributed by atoms with van der Waals surface area (Å²) in [4.78, 5) is 0. The largest absolute Gasteiger partial charge is 0.495 e. The lowest BCUT2D eigenvalue weighted by atomic mass is 10.0. The molecule has 2 aromatic carbocycles. The molecule has 112 valence electrons. The van der Waals surface area contributed by atoms with Gasteiger partial charge < -0.3 is 10.1 Å². The molecule has 2 nitrogen and oxygen atoms in total.